The average molecular weight is 260 g/mol. The molecule has 0 saturated carbocycles. The maximum absolute atomic E-state index is 5.21. The predicted molar refractivity (Wildman–Crippen MR) is 76.3 cm³/mol. The summed E-state index contributed by atoms with van der Waals surface area (Å²) in [6.45, 7) is 0. The molecule has 0 atom stereocenters. The first kappa shape index (κ1) is 12.8. The van der Waals surface area contributed by atoms with Gasteiger partial charge in [-0.25, -0.2) is 4.98 Å². The Hall–Kier alpha value is -1.68. The van der Waals surface area contributed by atoms with E-state index in [0.717, 1.165) is 17.3 Å². The fourth-order valence-corrected chi connectivity index (χ4v) is 2.45. The molecule has 2 rings (SSSR count). The van der Waals surface area contributed by atoms with Gasteiger partial charge in [-0.2, -0.15) is 0 Å². The van der Waals surface area contributed by atoms with Gasteiger partial charge in [0.25, 0.3) is 0 Å². The van der Waals surface area contributed by atoms with Gasteiger partial charge in [0.15, 0.2) is 0 Å². The summed E-state index contributed by atoms with van der Waals surface area (Å²) in [5.41, 5.74) is 1.25. The van der Waals surface area contributed by atoms with E-state index in [-0.39, 0.29) is 0 Å². The van der Waals surface area contributed by atoms with E-state index in [1.807, 2.05) is 37.5 Å². The van der Waals surface area contributed by atoms with E-state index in [1.165, 1.54) is 10.5 Å². The van der Waals surface area contributed by atoms with Gasteiger partial charge in [-0.3, -0.25) is 0 Å². The molecule has 0 spiro atoms. The SMILES string of the molecule is CNc1cc(CSc2cccc(OC)c2)ccn1. The van der Waals surface area contributed by atoms with E-state index in [1.54, 1.807) is 18.9 Å². The molecule has 1 aromatic carbocycles. The van der Waals surface area contributed by atoms with Gasteiger partial charge in [0.1, 0.15) is 11.6 Å². The molecule has 4 heteroatoms. The highest BCUT2D eigenvalue weighted by Crippen LogP contribution is 2.26. The van der Waals surface area contributed by atoms with E-state index in [0.29, 0.717) is 0 Å². The first-order valence-corrected chi connectivity index (χ1v) is 6.70. The first-order chi connectivity index (χ1) is 8.81. The molecular weight excluding hydrogens is 244 g/mol. The molecule has 1 N–H and O–H groups in total. The Morgan fingerprint density at radius 3 is 2.94 bits per heavy atom. The highest BCUT2D eigenvalue weighted by Gasteiger charge is 1.99. The molecule has 0 unspecified atom stereocenters. The maximum atomic E-state index is 5.21. The minimum absolute atomic E-state index is 0.894. The number of ether oxygens (including phenoxy) is 1. The lowest BCUT2D eigenvalue weighted by Gasteiger charge is -2.05. The largest absolute Gasteiger partial charge is 0.497 e. The van der Waals surface area contributed by atoms with E-state index in [9.17, 15) is 0 Å². The van der Waals surface area contributed by atoms with Crippen LogP contribution < -0.4 is 10.1 Å². The second-order valence-corrected chi connectivity index (χ2v) is 4.82. The molecule has 18 heavy (non-hydrogen) atoms. The monoisotopic (exact) mass is 260 g/mol. The van der Waals surface area contributed by atoms with Gasteiger partial charge in [-0.1, -0.05) is 6.07 Å². The van der Waals surface area contributed by atoms with Gasteiger partial charge < -0.3 is 10.1 Å². The summed E-state index contributed by atoms with van der Waals surface area (Å²) in [6, 6.07) is 12.2. The standard InChI is InChI=1S/C14H16N2OS/c1-15-14-8-11(6-7-16-14)10-18-13-5-3-4-12(9-13)17-2/h3-9H,10H2,1-2H3,(H,15,16). The van der Waals surface area contributed by atoms with Crippen molar-refractivity contribution < 1.29 is 4.74 Å². The van der Waals surface area contributed by atoms with Crippen molar-refractivity contribution in [3.8, 4) is 5.75 Å². The number of thioether (sulfide) groups is 1. The zero-order valence-electron chi connectivity index (χ0n) is 10.5. The van der Waals surface area contributed by atoms with Crippen molar-refractivity contribution in [2.45, 2.75) is 10.6 Å². The summed E-state index contributed by atoms with van der Waals surface area (Å²) < 4.78 is 5.21. The highest BCUT2D eigenvalue weighted by molar-refractivity contribution is 7.98. The average Bonchev–Trinajstić information content (AvgIpc) is 2.45. The number of anilines is 1. The van der Waals surface area contributed by atoms with E-state index < -0.39 is 0 Å². The molecule has 0 amide bonds. The minimum Gasteiger partial charge on any atom is -0.497 e. The molecule has 2 aromatic rings. The molecule has 3 nitrogen and oxygen atoms in total. The minimum atomic E-state index is 0.894. The smallest absolute Gasteiger partial charge is 0.125 e. The third-order valence-electron chi connectivity index (χ3n) is 2.53. The van der Waals surface area contributed by atoms with Gasteiger partial charge in [-0.05, 0) is 35.9 Å². The molecule has 94 valence electrons. The van der Waals surface area contributed by atoms with Crippen LogP contribution in [0.5, 0.6) is 5.75 Å². The van der Waals surface area contributed by atoms with Gasteiger partial charge in [0.05, 0.1) is 7.11 Å². The number of benzene rings is 1. The summed E-state index contributed by atoms with van der Waals surface area (Å²) in [5, 5.41) is 3.04. The van der Waals surface area contributed by atoms with Crippen molar-refractivity contribution in [3.05, 3.63) is 48.2 Å². The Kier molecular flexibility index (Phi) is 4.47. The van der Waals surface area contributed by atoms with Crippen molar-refractivity contribution in [1.29, 1.82) is 0 Å². The number of hydrogen-bond donors (Lipinski definition) is 1. The lowest BCUT2D eigenvalue weighted by atomic mass is 10.3. The van der Waals surface area contributed by atoms with Crippen molar-refractivity contribution in [1.82, 2.24) is 4.98 Å². The van der Waals surface area contributed by atoms with E-state index >= 15 is 0 Å². The summed E-state index contributed by atoms with van der Waals surface area (Å²) in [4.78, 5) is 5.41. The van der Waals surface area contributed by atoms with Crippen LogP contribution in [-0.4, -0.2) is 19.1 Å². The molecule has 0 saturated heterocycles. The number of hydrogen-bond acceptors (Lipinski definition) is 4. The fourth-order valence-electron chi connectivity index (χ4n) is 1.56. The van der Waals surface area contributed by atoms with Crippen LogP contribution in [0.25, 0.3) is 0 Å². The van der Waals surface area contributed by atoms with Crippen LogP contribution in [0.1, 0.15) is 5.56 Å². The zero-order chi connectivity index (χ0) is 12.8. The second kappa shape index (κ2) is 6.31. The fraction of sp³-hybridized carbons (Fsp3) is 0.214. The number of nitrogens with zero attached hydrogens (tertiary/aromatic N) is 1. The summed E-state index contributed by atoms with van der Waals surface area (Å²) >= 11 is 1.79. The molecule has 0 aliphatic rings. The zero-order valence-corrected chi connectivity index (χ0v) is 11.3. The number of pyridine rings is 1. The normalized spacial score (nSPS) is 10.1. The Morgan fingerprint density at radius 2 is 2.17 bits per heavy atom. The molecule has 0 aliphatic carbocycles. The molecule has 1 heterocycles. The number of rotatable bonds is 5. The second-order valence-electron chi connectivity index (χ2n) is 3.77. The van der Waals surface area contributed by atoms with Crippen LogP contribution in [0, 0.1) is 0 Å². The highest BCUT2D eigenvalue weighted by atomic mass is 32.2. The Labute approximate surface area is 112 Å². The summed E-state index contributed by atoms with van der Waals surface area (Å²) in [5.74, 6) is 2.72. The van der Waals surface area contributed by atoms with Gasteiger partial charge in [-0.15, -0.1) is 11.8 Å². The Balaban J connectivity index is 2.01. The summed E-state index contributed by atoms with van der Waals surface area (Å²) in [6.07, 6.45) is 1.83. The van der Waals surface area contributed by atoms with Crippen LogP contribution in [0.3, 0.4) is 0 Å². The lowest BCUT2D eigenvalue weighted by Crippen LogP contribution is -1.92. The van der Waals surface area contributed by atoms with Gasteiger partial charge in [0.2, 0.25) is 0 Å². The number of methoxy groups -OCH3 is 1. The maximum Gasteiger partial charge on any atom is 0.125 e. The van der Waals surface area contributed by atoms with Crippen LogP contribution in [0.4, 0.5) is 5.82 Å². The third-order valence-corrected chi connectivity index (χ3v) is 3.59. The Morgan fingerprint density at radius 1 is 1.28 bits per heavy atom. The molecule has 0 radical (unpaired) electrons. The van der Waals surface area contributed by atoms with Crippen LogP contribution in [0.15, 0.2) is 47.5 Å². The molecule has 1 aromatic heterocycles. The van der Waals surface area contributed by atoms with Gasteiger partial charge >= 0.3 is 0 Å². The van der Waals surface area contributed by atoms with Crippen LogP contribution in [0.2, 0.25) is 0 Å². The van der Waals surface area contributed by atoms with E-state index in [4.69, 9.17) is 4.74 Å². The third kappa shape index (κ3) is 3.40. The molecule has 0 fully saturated rings. The quantitative estimate of drug-likeness (QED) is 0.835. The number of nitrogens with one attached hydrogen (secondary N) is 1. The Bertz CT molecular complexity index is 469. The first-order valence-electron chi connectivity index (χ1n) is 5.71. The number of aromatic nitrogens is 1. The van der Waals surface area contributed by atoms with Crippen molar-refractivity contribution >= 4 is 17.6 Å². The van der Waals surface area contributed by atoms with Gasteiger partial charge in [0, 0.05) is 23.9 Å². The van der Waals surface area contributed by atoms with Crippen molar-refractivity contribution in [3.63, 3.8) is 0 Å². The van der Waals surface area contributed by atoms with Crippen molar-refractivity contribution in [2.24, 2.45) is 0 Å². The summed E-state index contributed by atoms with van der Waals surface area (Å²) in [7, 11) is 3.56. The lowest BCUT2D eigenvalue weighted by molar-refractivity contribution is 0.413. The van der Waals surface area contributed by atoms with E-state index in [2.05, 4.69) is 22.4 Å². The predicted octanol–water partition coefficient (Wildman–Crippen LogP) is 3.42. The van der Waals surface area contributed by atoms with Crippen molar-refractivity contribution in [2.75, 3.05) is 19.5 Å². The van der Waals surface area contributed by atoms with Crippen LogP contribution >= 0.6 is 11.8 Å². The van der Waals surface area contributed by atoms with Crippen LogP contribution in [-0.2, 0) is 5.75 Å². The molecule has 0 bridgehead atoms. The molecule has 0 aliphatic heterocycles. The molecular formula is C14H16N2OS. The topological polar surface area (TPSA) is 34.1 Å².